The van der Waals surface area contributed by atoms with Crippen molar-refractivity contribution in [2.24, 2.45) is 5.73 Å². The van der Waals surface area contributed by atoms with Crippen LogP contribution in [0.2, 0.25) is 0 Å². The molecule has 1 aliphatic heterocycles. The first kappa shape index (κ1) is 13.9. The number of rotatable bonds is 1. The summed E-state index contributed by atoms with van der Waals surface area (Å²) in [5, 5.41) is 0. The van der Waals surface area contributed by atoms with Crippen LogP contribution in [0.3, 0.4) is 0 Å². The molecule has 2 unspecified atom stereocenters. The molecule has 4 nitrogen and oxygen atoms in total. The van der Waals surface area contributed by atoms with Gasteiger partial charge in [0.15, 0.2) is 5.69 Å². The third kappa shape index (κ3) is 2.69. The van der Waals surface area contributed by atoms with Crippen LogP contribution in [0.5, 0.6) is 0 Å². The van der Waals surface area contributed by atoms with Crippen molar-refractivity contribution in [3.05, 3.63) is 17.7 Å². The zero-order valence-electron chi connectivity index (χ0n) is 11.2. The van der Waals surface area contributed by atoms with E-state index in [0.29, 0.717) is 25.0 Å². The molecule has 1 fully saturated rings. The Hall–Kier alpha value is -1.08. The second-order valence-corrected chi connectivity index (χ2v) is 5.78. The topological polar surface area (TPSA) is 47.1 Å². The lowest BCUT2D eigenvalue weighted by Gasteiger charge is -2.38. The van der Waals surface area contributed by atoms with Crippen LogP contribution in [0.1, 0.15) is 37.2 Å². The lowest BCUT2D eigenvalue weighted by atomic mass is 9.90. The van der Waals surface area contributed by atoms with E-state index in [1.807, 2.05) is 0 Å². The van der Waals surface area contributed by atoms with Crippen molar-refractivity contribution in [1.82, 2.24) is 14.5 Å². The molecule has 1 saturated carbocycles. The predicted molar refractivity (Wildman–Crippen MR) is 67.9 cm³/mol. The predicted octanol–water partition coefficient (Wildman–Crippen LogP) is 1.99. The van der Waals surface area contributed by atoms with Crippen molar-refractivity contribution in [3.8, 4) is 0 Å². The Bertz CT molecular complexity index is 482. The van der Waals surface area contributed by atoms with E-state index in [-0.39, 0.29) is 6.04 Å². The van der Waals surface area contributed by atoms with Crippen molar-refractivity contribution in [1.29, 1.82) is 0 Å². The fourth-order valence-electron chi connectivity index (χ4n) is 3.25. The number of halogens is 3. The van der Waals surface area contributed by atoms with Crippen molar-refractivity contribution >= 4 is 0 Å². The number of hydrogen-bond donors (Lipinski definition) is 1. The molecule has 0 saturated heterocycles. The third-order valence-corrected chi connectivity index (χ3v) is 4.33. The molecule has 0 spiro atoms. The number of aromatic nitrogens is 2. The van der Waals surface area contributed by atoms with Gasteiger partial charge in [0.1, 0.15) is 5.82 Å². The minimum atomic E-state index is -4.36. The van der Waals surface area contributed by atoms with Gasteiger partial charge in [-0.2, -0.15) is 13.2 Å². The zero-order valence-corrected chi connectivity index (χ0v) is 11.2. The van der Waals surface area contributed by atoms with Crippen molar-refractivity contribution in [2.45, 2.75) is 57.0 Å². The molecular formula is C13H19F3N4. The van der Waals surface area contributed by atoms with Crippen LogP contribution < -0.4 is 5.73 Å². The van der Waals surface area contributed by atoms with E-state index in [2.05, 4.69) is 9.88 Å². The molecule has 2 N–H and O–H groups in total. The Morgan fingerprint density at radius 1 is 1.25 bits per heavy atom. The van der Waals surface area contributed by atoms with Gasteiger partial charge in [0.2, 0.25) is 0 Å². The molecule has 2 atom stereocenters. The summed E-state index contributed by atoms with van der Waals surface area (Å²) in [6.07, 6.45) is 0.941. The summed E-state index contributed by atoms with van der Waals surface area (Å²) in [5.41, 5.74) is 5.21. The minimum Gasteiger partial charge on any atom is -0.332 e. The Labute approximate surface area is 115 Å². The molecule has 0 radical (unpaired) electrons. The zero-order chi connectivity index (χ0) is 14.3. The van der Waals surface area contributed by atoms with Gasteiger partial charge in [-0.3, -0.25) is 4.90 Å². The fraction of sp³-hybridized carbons (Fsp3) is 0.769. The summed E-state index contributed by atoms with van der Waals surface area (Å²) >= 11 is 0. The second-order valence-electron chi connectivity index (χ2n) is 5.78. The maximum Gasteiger partial charge on any atom is 0.434 e. The molecule has 112 valence electrons. The van der Waals surface area contributed by atoms with E-state index < -0.39 is 11.9 Å². The average Bonchev–Trinajstić information content (AvgIpc) is 2.81. The first-order valence-corrected chi connectivity index (χ1v) is 7.06. The molecule has 20 heavy (non-hydrogen) atoms. The van der Waals surface area contributed by atoms with Gasteiger partial charge in [0.25, 0.3) is 0 Å². The molecule has 0 bridgehead atoms. The van der Waals surface area contributed by atoms with Gasteiger partial charge in [-0.1, -0.05) is 6.42 Å². The van der Waals surface area contributed by atoms with Gasteiger partial charge < -0.3 is 10.3 Å². The van der Waals surface area contributed by atoms with Gasteiger partial charge in [-0.05, 0) is 19.3 Å². The highest BCUT2D eigenvalue weighted by molar-refractivity contribution is 5.09. The number of hydrogen-bond acceptors (Lipinski definition) is 3. The highest BCUT2D eigenvalue weighted by Crippen LogP contribution is 2.30. The van der Waals surface area contributed by atoms with Crippen LogP contribution in [-0.4, -0.2) is 33.1 Å². The highest BCUT2D eigenvalue weighted by atomic mass is 19.4. The second kappa shape index (κ2) is 5.04. The van der Waals surface area contributed by atoms with Gasteiger partial charge in [-0.25, -0.2) is 4.98 Å². The lowest BCUT2D eigenvalue weighted by Crippen LogP contribution is -2.45. The van der Waals surface area contributed by atoms with Crippen LogP contribution in [0.25, 0.3) is 0 Å². The Morgan fingerprint density at radius 2 is 2.05 bits per heavy atom. The number of nitrogens with zero attached hydrogens (tertiary/aromatic N) is 3. The van der Waals surface area contributed by atoms with Gasteiger partial charge in [0.05, 0.1) is 6.54 Å². The summed E-state index contributed by atoms with van der Waals surface area (Å²) in [6.45, 7) is 1.84. The monoisotopic (exact) mass is 288 g/mol. The SMILES string of the molecule is NC1CCCC(N2CCn3cc(C(F)(F)F)nc3C2)C1. The fourth-order valence-corrected chi connectivity index (χ4v) is 3.25. The average molecular weight is 288 g/mol. The maximum atomic E-state index is 12.7. The van der Waals surface area contributed by atoms with E-state index in [1.54, 1.807) is 4.57 Å². The minimum absolute atomic E-state index is 0.223. The molecule has 1 aromatic heterocycles. The van der Waals surface area contributed by atoms with Crippen LogP contribution in [0.15, 0.2) is 6.20 Å². The summed E-state index contributed by atoms with van der Waals surface area (Å²) < 4.78 is 39.6. The summed E-state index contributed by atoms with van der Waals surface area (Å²) in [6, 6.07) is 0.611. The van der Waals surface area contributed by atoms with Gasteiger partial charge >= 0.3 is 6.18 Å². The van der Waals surface area contributed by atoms with Crippen molar-refractivity contribution < 1.29 is 13.2 Å². The Kier molecular flexibility index (Phi) is 3.50. The molecule has 3 rings (SSSR count). The molecule has 0 aromatic carbocycles. The van der Waals surface area contributed by atoms with Crippen LogP contribution in [0.4, 0.5) is 13.2 Å². The number of fused-ring (bicyclic) bond motifs is 1. The summed E-state index contributed by atoms with van der Waals surface area (Å²) in [7, 11) is 0. The molecule has 1 aromatic rings. The Morgan fingerprint density at radius 3 is 2.75 bits per heavy atom. The Balaban J connectivity index is 1.73. The molecule has 2 aliphatic rings. The van der Waals surface area contributed by atoms with E-state index >= 15 is 0 Å². The summed E-state index contributed by atoms with van der Waals surface area (Å²) in [5.74, 6) is 0.516. The van der Waals surface area contributed by atoms with Gasteiger partial charge in [0, 0.05) is 31.4 Å². The van der Waals surface area contributed by atoms with Crippen molar-refractivity contribution in [2.75, 3.05) is 6.54 Å². The van der Waals surface area contributed by atoms with Crippen molar-refractivity contribution in [3.63, 3.8) is 0 Å². The number of nitrogens with two attached hydrogens (primary N) is 1. The standard InChI is InChI=1S/C13H19F3N4/c14-13(15,16)11-7-20-5-4-19(8-12(20)18-11)10-3-1-2-9(17)6-10/h7,9-10H,1-6,8,17H2. The largest absolute Gasteiger partial charge is 0.434 e. The van der Waals surface area contributed by atoms with Crippen LogP contribution in [-0.2, 0) is 19.3 Å². The molecule has 1 aliphatic carbocycles. The normalized spacial score (nSPS) is 28.4. The number of alkyl halides is 3. The molecule has 2 heterocycles. The third-order valence-electron chi connectivity index (χ3n) is 4.33. The molecule has 0 amide bonds. The van der Waals surface area contributed by atoms with E-state index in [9.17, 15) is 13.2 Å². The van der Waals surface area contributed by atoms with E-state index in [1.165, 1.54) is 0 Å². The van der Waals surface area contributed by atoms with Crippen LogP contribution >= 0.6 is 0 Å². The number of imidazole rings is 1. The quantitative estimate of drug-likeness (QED) is 0.859. The van der Waals surface area contributed by atoms with Crippen LogP contribution in [0, 0.1) is 0 Å². The highest BCUT2D eigenvalue weighted by Gasteiger charge is 2.36. The molecule has 7 heteroatoms. The smallest absolute Gasteiger partial charge is 0.332 e. The van der Waals surface area contributed by atoms with Gasteiger partial charge in [-0.15, -0.1) is 0 Å². The van der Waals surface area contributed by atoms with E-state index in [4.69, 9.17) is 5.73 Å². The first-order chi connectivity index (χ1) is 9.43. The summed E-state index contributed by atoms with van der Waals surface area (Å²) in [4.78, 5) is 5.99. The first-order valence-electron chi connectivity index (χ1n) is 7.06. The lowest BCUT2D eigenvalue weighted by molar-refractivity contribution is -0.141. The maximum absolute atomic E-state index is 12.7. The molecular weight excluding hydrogens is 269 g/mol. The van der Waals surface area contributed by atoms with E-state index in [0.717, 1.165) is 38.4 Å².